The van der Waals surface area contributed by atoms with Crippen LogP contribution < -0.4 is 11.1 Å². The van der Waals surface area contributed by atoms with E-state index in [1.807, 2.05) is 0 Å². The van der Waals surface area contributed by atoms with Crippen LogP contribution in [0.1, 0.15) is 25.7 Å². The molecule has 6 heteroatoms. The van der Waals surface area contributed by atoms with Crippen molar-refractivity contribution in [3.05, 3.63) is 27.7 Å². The molecule has 1 aliphatic rings. The first-order valence-corrected chi connectivity index (χ1v) is 7.60. The van der Waals surface area contributed by atoms with E-state index >= 15 is 0 Å². The van der Waals surface area contributed by atoms with E-state index in [0.717, 1.165) is 30.2 Å². The van der Waals surface area contributed by atoms with Gasteiger partial charge < -0.3 is 11.1 Å². The molecule has 0 aliphatic heterocycles. The van der Waals surface area contributed by atoms with E-state index in [9.17, 15) is 4.79 Å². The largest absolute Gasteiger partial charge is 0.392 e. The second-order valence-electron chi connectivity index (χ2n) is 4.74. The Hall–Kier alpha value is -0.650. The van der Waals surface area contributed by atoms with Crippen molar-refractivity contribution in [2.45, 2.75) is 25.7 Å². The second-order valence-corrected chi connectivity index (χ2v) is 6.44. The number of carbonyl (C=O) groups is 1. The van der Waals surface area contributed by atoms with Crippen molar-refractivity contribution in [3.63, 3.8) is 0 Å². The van der Waals surface area contributed by atoms with Gasteiger partial charge in [0.25, 0.3) is 0 Å². The molecule has 3 nitrogen and oxygen atoms in total. The summed E-state index contributed by atoms with van der Waals surface area (Å²) in [6.07, 6.45) is 3.40. The molecule has 3 N–H and O–H groups in total. The van der Waals surface area contributed by atoms with Crippen molar-refractivity contribution in [1.29, 1.82) is 0 Å². The number of halogens is 2. The standard InChI is InChI=1S/C13H14BrClN2OS/c14-9-4-3-8(7-10(9)15)17-12(18)13(11(16)19)5-1-2-6-13/h3-4,7H,1-2,5-6H2,(H2,16,19)(H,17,18). The Balaban J connectivity index is 2.20. The summed E-state index contributed by atoms with van der Waals surface area (Å²) in [6, 6.07) is 5.28. The summed E-state index contributed by atoms with van der Waals surface area (Å²) in [5.41, 5.74) is 5.73. The van der Waals surface area contributed by atoms with Gasteiger partial charge in [0.15, 0.2) is 0 Å². The van der Waals surface area contributed by atoms with Gasteiger partial charge in [-0.1, -0.05) is 36.7 Å². The fourth-order valence-corrected chi connectivity index (χ4v) is 3.11. The van der Waals surface area contributed by atoms with Crippen LogP contribution in [0.5, 0.6) is 0 Å². The molecule has 0 spiro atoms. The molecule has 0 atom stereocenters. The van der Waals surface area contributed by atoms with E-state index in [2.05, 4.69) is 21.2 Å². The molecule has 19 heavy (non-hydrogen) atoms. The maximum absolute atomic E-state index is 12.4. The number of nitrogens with two attached hydrogens (primary N) is 1. The summed E-state index contributed by atoms with van der Waals surface area (Å²) >= 11 is 14.4. The van der Waals surface area contributed by atoms with Crippen LogP contribution in [-0.4, -0.2) is 10.9 Å². The molecule has 1 aromatic carbocycles. The van der Waals surface area contributed by atoms with Gasteiger partial charge in [0.1, 0.15) is 0 Å². The van der Waals surface area contributed by atoms with Gasteiger partial charge in [0.05, 0.1) is 15.4 Å². The Morgan fingerprint density at radius 1 is 1.42 bits per heavy atom. The smallest absolute Gasteiger partial charge is 0.237 e. The van der Waals surface area contributed by atoms with Crippen molar-refractivity contribution >= 4 is 56.3 Å². The van der Waals surface area contributed by atoms with Crippen molar-refractivity contribution in [2.24, 2.45) is 11.1 Å². The summed E-state index contributed by atoms with van der Waals surface area (Å²) in [7, 11) is 0. The molecule has 1 saturated carbocycles. The minimum Gasteiger partial charge on any atom is -0.392 e. The monoisotopic (exact) mass is 360 g/mol. The fraction of sp³-hybridized carbons (Fsp3) is 0.385. The third-order valence-electron chi connectivity index (χ3n) is 3.54. The number of amides is 1. The van der Waals surface area contributed by atoms with E-state index in [4.69, 9.17) is 29.6 Å². The number of thiocarbonyl (C=S) groups is 1. The lowest BCUT2D eigenvalue weighted by Crippen LogP contribution is -2.43. The lowest BCUT2D eigenvalue weighted by molar-refractivity contribution is -0.122. The molecule has 2 rings (SSSR count). The molecule has 1 aromatic rings. The van der Waals surface area contributed by atoms with Crippen LogP contribution in [0.4, 0.5) is 5.69 Å². The zero-order valence-electron chi connectivity index (χ0n) is 10.2. The van der Waals surface area contributed by atoms with Gasteiger partial charge in [-0.05, 0) is 47.0 Å². The first-order valence-electron chi connectivity index (χ1n) is 6.02. The lowest BCUT2D eigenvalue weighted by Gasteiger charge is -2.26. The van der Waals surface area contributed by atoms with Crippen LogP contribution in [-0.2, 0) is 4.79 Å². The minimum absolute atomic E-state index is 0.129. The van der Waals surface area contributed by atoms with Gasteiger partial charge in [-0.3, -0.25) is 4.79 Å². The van der Waals surface area contributed by atoms with Gasteiger partial charge in [-0.15, -0.1) is 0 Å². The Morgan fingerprint density at radius 3 is 2.58 bits per heavy atom. The third kappa shape index (κ3) is 2.93. The second kappa shape index (κ2) is 5.77. The first kappa shape index (κ1) is 14.8. The molecule has 0 saturated heterocycles. The zero-order valence-corrected chi connectivity index (χ0v) is 13.4. The number of hydrogen-bond acceptors (Lipinski definition) is 2. The number of benzene rings is 1. The van der Waals surface area contributed by atoms with Crippen LogP contribution >= 0.6 is 39.7 Å². The van der Waals surface area contributed by atoms with Crippen molar-refractivity contribution in [1.82, 2.24) is 0 Å². The molecule has 102 valence electrons. The number of nitrogens with one attached hydrogen (secondary N) is 1. The summed E-state index contributed by atoms with van der Waals surface area (Å²) in [6.45, 7) is 0. The normalized spacial score (nSPS) is 17.2. The van der Waals surface area contributed by atoms with E-state index in [1.165, 1.54) is 0 Å². The van der Waals surface area contributed by atoms with Gasteiger partial charge in [-0.25, -0.2) is 0 Å². The molecule has 0 aromatic heterocycles. The highest BCUT2D eigenvalue weighted by Crippen LogP contribution is 2.39. The van der Waals surface area contributed by atoms with Gasteiger partial charge in [0, 0.05) is 10.2 Å². The highest BCUT2D eigenvalue weighted by atomic mass is 79.9. The van der Waals surface area contributed by atoms with Crippen LogP contribution in [0.15, 0.2) is 22.7 Å². The van der Waals surface area contributed by atoms with Gasteiger partial charge >= 0.3 is 0 Å². The van der Waals surface area contributed by atoms with Crippen molar-refractivity contribution < 1.29 is 4.79 Å². The maximum atomic E-state index is 12.4. The highest BCUT2D eigenvalue weighted by molar-refractivity contribution is 9.10. The molecule has 0 heterocycles. The number of rotatable bonds is 3. The van der Waals surface area contributed by atoms with Gasteiger partial charge in [0.2, 0.25) is 5.91 Å². The highest BCUT2D eigenvalue weighted by Gasteiger charge is 2.43. The van der Waals surface area contributed by atoms with E-state index in [0.29, 0.717) is 10.7 Å². The van der Waals surface area contributed by atoms with E-state index in [1.54, 1.807) is 18.2 Å². The number of anilines is 1. The SMILES string of the molecule is NC(=S)C1(C(=O)Nc2ccc(Br)c(Cl)c2)CCCC1. The predicted molar refractivity (Wildman–Crippen MR) is 85.5 cm³/mol. The number of hydrogen-bond donors (Lipinski definition) is 2. The zero-order chi connectivity index (χ0) is 14.0. The summed E-state index contributed by atoms with van der Waals surface area (Å²) < 4.78 is 0.789. The average molecular weight is 362 g/mol. The van der Waals surface area contributed by atoms with Crippen LogP contribution in [0.2, 0.25) is 5.02 Å². The lowest BCUT2D eigenvalue weighted by atomic mass is 9.85. The summed E-state index contributed by atoms with van der Waals surface area (Å²) in [5.74, 6) is -0.129. The molecule has 1 aliphatic carbocycles. The molecular weight excluding hydrogens is 348 g/mol. The average Bonchev–Trinajstić information content (AvgIpc) is 2.84. The summed E-state index contributed by atoms with van der Waals surface area (Å²) in [5, 5.41) is 3.41. The molecular formula is C13H14BrClN2OS. The molecule has 0 bridgehead atoms. The van der Waals surface area contributed by atoms with Crippen LogP contribution in [0, 0.1) is 5.41 Å². The van der Waals surface area contributed by atoms with Crippen molar-refractivity contribution in [3.8, 4) is 0 Å². The third-order valence-corrected chi connectivity index (χ3v) is 5.16. The Bertz CT molecular complexity index is 529. The van der Waals surface area contributed by atoms with Crippen LogP contribution in [0.3, 0.4) is 0 Å². The van der Waals surface area contributed by atoms with E-state index < -0.39 is 5.41 Å². The maximum Gasteiger partial charge on any atom is 0.237 e. The molecule has 0 unspecified atom stereocenters. The minimum atomic E-state index is -0.700. The van der Waals surface area contributed by atoms with E-state index in [-0.39, 0.29) is 10.9 Å². The Morgan fingerprint density at radius 2 is 2.05 bits per heavy atom. The van der Waals surface area contributed by atoms with Gasteiger partial charge in [-0.2, -0.15) is 0 Å². The molecule has 1 amide bonds. The first-order chi connectivity index (χ1) is 8.95. The predicted octanol–water partition coefficient (Wildman–Crippen LogP) is 3.89. The fourth-order valence-electron chi connectivity index (χ4n) is 2.39. The Labute approximate surface area is 131 Å². The molecule has 1 fully saturated rings. The topological polar surface area (TPSA) is 55.1 Å². The molecule has 0 radical (unpaired) electrons. The van der Waals surface area contributed by atoms with Crippen molar-refractivity contribution in [2.75, 3.05) is 5.32 Å². The quantitative estimate of drug-likeness (QED) is 0.803. The van der Waals surface area contributed by atoms with Crippen LogP contribution in [0.25, 0.3) is 0 Å². The number of carbonyl (C=O) groups excluding carboxylic acids is 1. The summed E-state index contributed by atoms with van der Waals surface area (Å²) in [4.78, 5) is 12.7. The Kier molecular flexibility index (Phi) is 4.48.